The summed E-state index contributed by atoms with van der Waals surface area (Å²) in [5.41, 5.74) is 6.26. The van der Waals surface area contributed by atoms with E-state index in [1.807, 2.05) is 30.3 Å². The van der Waals surface area contributed by atoms with Crippen LogP contribution < -0.4 is 16.2 Å². The highest BCUT2D eigenvalue weighted by molar-refractivity contribution is 6.33. The second kappa shape index (κ2) is 10.2. The molecule has 0 aromatic heterocycles. The van der Waals surface area contributed by atoms with Crippen molar-refractivity contribution in [3.05, 3.63) is 107 Å². The van der Waals surface area contributed by atoms with E-state index in [0.717, 1.165) is 5.56 Å². The van der Waals surface area contributed by atoms with E-state index in [4.69, 9.17) is 11.6 Å². The highest BCUT2D eigenvalue weighted by Gasteiger charge is 2.20. The molecular weight excluding hydrogens is 402 g/mol. The normalized spacial score (nSPS) is 11.2. The Bertz CT molecular complexity index is 1030. The number of benzene rings is 3. The molecule has 152 valence electrons. The molecule has 3 aromatic rings. The lowest BCUT2D eigenvalue weighted by molar-refractivity contribution is -0.122. The maximum atomic E-state index is 12.7. The Labute approximate surface area is 179 Å². The standard InChI is InChI=1S/C23H20ClN3O3/c24-19-14-8-7-13-18(19)23(30)25-20(16-9-3-1-4-10-16)15-21(28)26-27-22(29)17-11-5-2-6-12-17/h1-14,20H,15H2,(H,25,30)(H,26,28)(H,27,29)/t20-/m1/s1. The number of carbonyl (C=O) groups is 3. The largest absolute Gasteiger partial charge is 0.345 e. The summed E-state index contributed by atoms with van der Waals surface area (Å²) in [6, 6.07) is 23.7. The third-order valence-electron chi connectivity index (χ3n) is 4.37. The van der Waals surface area contributed by atoms with Gasteiger partial charge in [0.15, 0.2) is 0 Å². The smallest absolute Gasteiger partial charge is 0.269 e. The van der Waals surface area contributed by atoms with Crippen LogP contribution in [0.15, 0.2) is 84.9 Å². The number of carbonyl (C=O) groups excluding carboxylic acids is 3. The van der Waals surface area contributed by atoms with Crippen LogP contribution in [0.25, 0.3) is 0 Å². The molecule has 3 N–H and O–H groups in total. The van der Waals surface area contributed by atoms with Crippen LogP contribution in [-0.4, -0.2) is 17.7 Å². The SMILES string of the molecule is O=C(C[C@@H](NC(=O)c1ccccc1Cl)c1ccccc1)NNC(=O)c1ccccc1. The summed E-state index contributed by atoms with van der Waals surface area (Å²) in [6.07, 6.45) is -0.0741. The number of hydrogen-bond acceptors (Lipinski definition) is 3. The molecule has 0 saturated heterocycles. The van der Waals surface area contributed by atoms with Crippen LogP contribution >= 0.6 is 11.6 Å². The summed E-state index contributed by atoms with van der Waals surface area (Å²) in [5, 5.41) is 3.16. The van der Waals surface area contributed by atoms with Crippen molar-refractivity contribution < 1.29 is 14.4 Å². The van der Waals surface area contributed by atoms with E-state index < -0.39 is 23.8 Å². The maximum Gasteiger partial charge on any atom is 0.269 e. The molecule has 0 spiro atoms. The van der Waals surface area contributed by atoms with Gasteiger partial charge in [0.2, 0.25) is 5.91 Å². The van der Waals surface area contributed by atoms with E-state index in [0.29, 0.717) is 16.1 Å². The van der Waals surface area contributed by atoms with E-state index >= 15 is 0 Å². The zero-order valence-electron chi connectivity index (χ0n) is 16.0. The Kier molecular flexibility index (Phi) is 7.19. The number of rotatable bonds is 6. The van der Waals surface area contributed by atoms with Crippen LogP contribution in [0, 0.1) is 0 Å². The first-order chi connectivity index (χ1) is 14.5. The molecule has 1 atom stereocenters. The van der Waals surface area contributed by atoms with Crippen LogP contribution in [0.5, 0.6) is 0 Å². The van der Waals surface area contributed by atoms with Crippen LogP contribution in [-0.2, 0) is 4.79 Å². The van der Waals surface area contributed by atoms with Crippen LogP contribution in [0.2, 0.25) is 5.02 Å². The zero-order valence-corrected chi connectivity index (χ0v) is 16.7. The number of amides is 3. The fourth-order valence-corrected chi connectivity index (χ4v) is 3.07. The molecule has 0 unspecified atom stereocenters. The predicted octanol–water partition coefficient (Wildman–Crippen LogP) is 3.66. The second-order valence-corrected chi connectivity index (χ2v) is 6.90. The van der Waals surface area contributed by atoms with E-state index in [-0.39, 0.29) is 6.42 Å². The van der Waals surface area contributed by atoms with Crippen LogP contribution in [0.1, 0.15) is 38.7 Å². The Balaban J connectivity index is 1.67. The lowest BCUT2D eigenvalue weighted by Crippen LogP contribution is -2.43. The first-order valence-electron chi connectivity index (χ1n) is 9.29. The van der Waals surface area contributed by atoms with Gasteiger partial charge in [0.25, 0.3) is 11.8 Å². The first kappa shape index (κ1) is 21.1. The molecule has 0 saturated carbocycles. The fourth-order valence-electron chi connectivity index (χ4n) is 2.84. The number of nitrogens with one attached hydrogen (secondary N) is 3. The summed E-state index contributed by atoms with van der Waals surface area (Å²) >= 11 is 6.11. The summed E-state index contributed by atoms with van der Waals surface area (Å²) < 4.78 is 0. The molecule has 30 heavy (non-hydrogen) atoms. The number of hydrazine groups is 1. The summed E-state index contributed by atoms with van der Waals surface area (Å²) in [4.78, 5) is 37.2. The topological polar surface area (TPSA) is 87.3 Å². The van der Waals surface area contributed by atoms with E-state index in [9.17, 15) is 14.4 Å². The van der Waals surface area contributed by atoms with Gasteiger partial charge in [-0.25, -0.2) is 0 Å². The highest BCUT2D eigenvalue weighted by atomic mass is 35.5. The van der Waals surface area contributed by atoms with Crippen molar-refractivity contribution >= 4 is 29.3 Å². The monoisotopic (exact) mass is 421 g/mol. The average molecular weight is 422 g/mol. The van der Waals surface area contributed by atoms with Crippen LogP contribution in [0.4, 0.5) is 0 Å². The minimum absolute atomic E-state index is 0.0741. The molecule has 3 aromatic carbocycles. The van der Waals surface area contributed by atoms with Crippen molar-refractivity contribution in [2.75, 3.05) is 0 Å². The van der Waals surface area contributed by atoms with Gasteiger partial charge in [-0.15, -0.1) is 0 Å². The second-order valence-electron chi connectivity index (χ2n) is 6.49. The minimum Gasteiger partial charge on any atom is -0.345 e. The average Bonchev–Trinajstić information content (AvgIpc) is 2.78. The minimum atomic E-state index is -0.608. The zero-order chi connectivity index (χ0) is 21.3. The van der Waals surface area contributed by atoms with Crippen molar-refractivity contribution in [3.63, 3.8) is 0 Å². The Morgan fingerprint density at radius 1 is 0.733 bits per heavy atom. The lowest BCUT2D eigenvalue weighted by Gasteiger charge is -2.19. The predicted molar refractivity (Wildman–Crippen MR) is 115 cm³/mol. The van der Waals surface area contributed by atoms with Gasteiger partial charge >= 0.3 is 0 Å². The molecule has 0 aliphatic carbocycles. The Hall–Kier alpha value is -3.64. The van der Waals surface area contributed by atoms with Gasteiger partial charge in [-0.2, -0.15) is 0 Å². The molecule has 0 aliphatic heterocycles. The maximum absolute atomic E-state index is 12.7. The summed E-state index contributed by atoms with van der Waals surface area (Å²) in [7, 11) is 0. The van der Waals surface area contributed by atoms with Crippen molar-refractivity contribution in [1.82, 2.24) is 16.2 Å². The van der Waals surface area contributed by atoms with Gasteiger partial charge in [0.1, 0.15) is 0 Å². The van der Waals surface area contributed by atoms with Gasteiger partial charge in [-0.05, 0) is 29.8 Å². The van der Waals surface area contributed by atoms with Gasteiger partial charge < -0.3 is 5.32 Å². The van der Waals surface area contributed by atoms with Crippen molar-refractivity contribution in [1.29, 1.82) is 0 Å². The Morgan fingerprint density at radius 3 is 2.00 bits per heavy atom. The number of hydrogen-bond donors (Lipinski definition) is 3. The van der Waals surface area contributed by atoms with E-state index in [1.165, 1.54) is 0 Å². The van der Waals surface area contributed by atoms with Gasteiger partial charge in [-0.3, -0.25) is 25.2 Å². The molecular formula is C23H20ClN3O3. The number of halogens is 1. The molecule has 0 aliphatic rings. The molecule has 3 amide bonds. The van der Waals surface area contributed by atoms with E-state index in [2.05, 4.69) is 16.2 Å². The lowest BCUT2D eigenvalue weighted by atomic mass is 10.0. The molecule has 0 heterocycles. The summed E-state index contributed by atoms with van der Waals surface area (Å²) in [5.74, 6) is -1.27. The Morgan fingerprint density at radius 2 is 1.33 bits per heavy atom. The van der Waals surface area contributed by atoms with Crippen molar-refractivity contribution in [2.24, 2.45) is 0 Å². The first-order valence-corrected chi connectivity index (χ1v) is 9.67. The highest BCUT2D eigenvalue weighted by Crippen LogP contribution is 2.20. The van der Waals surface area contributed by atoms with Gasteiger partial charge in [-0.1, -0.05) is 72.3 Å². The molecule has 6 nitrogen and oxygen atoms in total. The third kappa shape index (κ3) is 5.68. The molecule has 0 fully saturated rings. The van der Waals surface area contributed by atoms with Gasteiger partial charge in [0, 0.05) is 5.56 Å². The summed E-state index contributed by atoms with van der Waals surface area (Å²) in [6.45, 7) is 0. The van der Waals surface area contributed by atoms with Gasteiger partial charge in [0.05, 0.1) is 23.0 Å². The van der Waals surface area contributed by atoms with Crippen molar-refractivity contribution in [3.8, 4) is 0 Å². The molecule has 3 rings (SSSR count). The molecule has 0 radical (unpaired) electrons. The fraction of sp³-hybridized carbons (Fsp3) is 0.0870. The third-order valence-corrected chi connectivity index (χ3v) is 4.70. The quantitative estimate of drug-likeness (QED) is 0.531. The van der Waals surface area contributed by atoms with E-state index in [1.54, 1.807) is 54.6 Å². The van der Waals surface area contributed by atoms with Crippen molar-refractivity contribution in [2.45, 2.75) is 12.5 Å². The molecule has 0 bridgehead atoms. The van der Waals surface area contributed by atoms with Crippen LogP contribution in [0.3, 0.4) is 0 Å². The molecule has 7 heteroatoms.